The molecule has 2 aromatic carbocycles. The van der Waals surface area contributed by atoms with Gasteiger partial charge in [0.1, 0.15) is 11.8 Å². The van der Waals surface area contributed by atoms with E-state index in [1.165, 1.54) is 5.56 Å². The van der Waals surface area contributed by atoms with Crippen LogP contribution < -0.4 is 10.1 Å². The number of carbonyl (C=O) groups is 2. The third-order valence-corrected chi connectivity index (χ3v) is 7.05. The molecule has 0 aliphatic heterocycles. The zero-order valence-electron chi connectivity index (χ0n) is 22.1. The number of benzene rings is 2. The zero-order valence-corrected chi connectivity index (χ0v) is 22.1. The molecule has 3 rings (SSSR count). The summed E-state index contributed by atoms with van der Waals surface area (Å²) in [5, 5.41) is 3.21. The molecule has 5 nitrogen and oxygen atoms in total. The second kappa shape index (κ2) is 12.2. The molecule has 0 aromatic heterocycles. The van der Waals surface area contributed by atoms with Gasteiger partial charge in [0.15, 0.2) is 0 Å². The maximum Gasteiger partial charge on any atom is 0.243 e. The van der Waals surface area contributed by atoms with Crippen molar-refractivity contribution >= 4 is 11.8 Å². The highest BCUT2D eigenvalue weighted by atomic mass is 16.5. The molecule has 5 heteroatoms. The van der Waals surface area contributed by atoms with Crippen molar-refractivity contribution in [3.05, 3.63) is 65.2 Å². The van der Waals surface area contributed by atoms with Crippen LogP contribution in [0.15, 0.2) is 48.5 Å². The minimum absolute atomic E-state index is 0.00846. The van der Waals surface area contributed by atoms with Crippen LogP contribution in [0.2, 0.25) is 0 Å². The molecular formula is C30H42N2O3. The number of nitrogens with zero attached hydrogens (tertiary/aromatic N) is 1. The molecule has 1 aliphatic carbocycles. The SMILES string of the molecule is CCC(C(=O)NC1CCCC1)N(Cc1ccc(OC)cc1)C(=O)CCc1ccc(C(C)(C)C)cc1. The Morgan fingerprint density at radius 2 is 1.60 bits per heavy atom. The molecule has 2 aromatic rings. The molecule has 0 saturated heterocycles. The smallest absolute Gasteiger partial charge is 0.243 e. The molecule has 190 valence electrons. The third kappa shape index (κ3) is 7.58. The highest BCUT2D eigenvalue weighted by molar-refractivity contribution is 5.88. The van der Waals surface area contributed by atoms with Crippen LogP contribution in [0.4, 0.5) is 0 Å². The minimum Gasteiger partial charge on any atom is -0.497 e. The first-order valence-corrected chi connectivity index (χ1v) is 13.0. The summed E-state index contributed by atoms with van der Waals surface area (Å²) in [5.41, 5.74) is 3.51. The summed E-state index contributed by atoms with van der Waals surface area (Å²) in [7, 11) is 1.64. The van der Waals surface area contributed by atoms with E-state index in [1.54, 1.807) is 12.0 Å². The summed E-state index contributed by atoms with van der Waals surface area (Å²) >= 11 is 0. The summed E-state index contributed by atoms with van der Waals surface area (Å²) in [6.07, 6.45) is 5.98. The average Bonchev–Trinajstić information content (AvgIpc) is 3.35. The maximum absolute atomic E-state index is 13.5. The monoisotopic (exact) mass is 478 g/mol. The molecular weight excluding hydrogens is 436 g/mol. The number of nitrogens with one attached hydrogen (secondary N) is 1. The van der Waals surface area contributed by atoms with Gasteiger partial charge in [0.25, 0.3) is 0 Å². The Labute approximate surface area is 211 Å². The standard InChI is InChI=1S/C30H42N2O3/c1-6-27(29(34)31-25-9-7-8-10-25)32(21-23-13-18-26(35-5)19-14-23)28(33)20-15-22-11-16-24(17-12-22)30(2,3)4/h11-14,16-19,25,27H,6-10,15,20-21H2,1-5H3,(H,31,34). The Kier molecular flexibility index (Phi) is 9.36. The molecule has 35 heavy (non-hydrogen) atoms. The van der Waals surface area contributed by atoms with Gasteiger partial charge in [-0.05, 0) is 59.9 Å². The number of carbonyl (C=O) groups excluding carboxylic acids is 2. The Bertz CT molecular complexity index is 955. The van der Waals surface area contributed by atoms with Gasteiger partial charge >= 0.3 is 0 Å². The van der Waals surface area contributed by atoms with Crippen LogP contribution in [0.25, 0.3) is 0 Å². The molecule has 0 spiro atoms. The van der Waals surface area contributed by atoms with Crippen LogP contribution in [-0.4, -0.2) is 35.9 Å². The Morgan fingerprint density at radius 3 is 2.14 bits per heavy atom. The van der Waals surface area contributed by atoms with Crippen molar-refractivity contribution < 1.29 is 14.3 Å². The quantitative estimate of drug-likeness (QED) is 0.470. The summed E-state index contributed by atoms with van der Waals surface area (Å²) in [5.74, 6) is 0.751. The van der Waals surface area contributed by atoms with Gasteiger partial charge in [0, 0.05) is 19.0 Å². The maximum atomic E-state index is 13.5. The van der Waals surface area contributed by atoms with Gasteiger partial charge < -0.3 is 15.0 Å². The van der Waals surface area contributed by atoms with Gasteiger partial charge in [-0.2, -0.15) is 0 Å². The Hall–Kier alpha value is -2.82. The van der Waals surface area contributed by atoms with Crippen molar-refractivity contribution in [3.8, 4) is 5.75 Å². The van der Waals surface area contributed by atoms with E-state index in [9.17, 15) is 9.59 Å². The second-order valence-electron chi connectivity index (χ2n) is 10.7. The van der Waals surface area contributed by atoms with Crippen molar-refractivity contribution in [2.24, 2.45) is 0 Å². The topological polar surface area (TPSA) is 58.6 Å². The van der Waals surface area contributed by atoms with Crippen LogP contribution in [-0.2, 0) is 28.0 Å². The van der Waals surface area contributed by atoms with E-state index in [4.69, 9.17) is 4.74 Å². The summed E-state index contributed by atoms with van der Waals surface area (Å²) < 4.78 is 5.27. The van der Waals surface area contributed by atoms with E-state index in [0.717, 1.165) is 42.6 Å². The lowest BCUT2D eigenvalue weighted by molar-refractivity contribution is -0.141. The van der Waals surface area contributed by atoms with Crippen molar-refractivity contribution in [1.82, 2.24) is 10.2 Å². The van der Waals surface area contributed by atoms with Gasteiger partial charge in [-0.1, -0.05) is 76.9 Å². The van der Waals surface area contributed by atoms with Gasteiger partial charge in [0.05, 0.1) is 7.11 Å². The van der Waals surface area contributed by atoms with Gasteiger partial charge in [-0.25, -0.2) is 0 Å². The van der Waals surface area contributed by atoms with E-state index in [1.807, 2.05) is 31.2 Å². The number of hydrogen-bond donors (Lipinski definition) is 1. The van der Waals surface area contributed by atoms with Crippen LogP contribution in [0, 0.1) is 0 Å². The van der Waals surface area contributed by atoms with Crippen LogP contribution in [0.3, 0.4) is 0 Å². The van der Waals surface area contributed by atoms with Crippen molar-refractivity contribution in [1.29, 1.82) is 0 Å². The molecule has 1 atom stereocenters. The first-order valence-electron chi connectivity index (χ1n) is 13.0. The zero-order chi connectivity index (χ0) is 25.4. The number of hydrogen-bond acceptors (Lipinski definition) is 3. The fourth-order valence-corrected chi connectivity index (χ4v) is 4.78. The lowest BCUT2D eigenvalue weighted by Crippen LogP contribution is -2.51. The van der Waals surface area contributed by atoms with Crippen LogP contribution in [0.1, 0.15) is 82.9 Å². The molecule has 0 radical (unpaired) electrons. The molecule has 1 aliphatic rings. The number of amides is 2. The largest absolute Gasteiger partial charge is 0.497 e. The molecule has 1 fully saturated rings. The van der Waals surface area contributed by atoms with Crippen LogP contribution >= 0.6 is 0 Å². The predicted octanol–water partition coefficient (Wildman–Crippen LogP) is 5.79. The lowest BCUT2D eigenvalue weighted by Gasteiger charge is -2.31. The Morgan fingerprint density at radius 1 is 1.00 bits per heavy atom. The van der Waals surface area contributed by atoms with Crippen LogP contribution in [0.5, 0.6) is 5.75 Å². The predicted molar refractivity (Wildman–Crippen MR) is 141 cm³/mol. The molecule has 1 unspecified atom stereocenters. The fraction of sp³-hybridized carbons (Fsp3) is 0.533. The first-order chi connectivity index (χ1) is 16.7. The summed E-state index contributed by atoms with van der Waals surface area (Å²) in [6, 6.07) is 16.0. The summed E-state index contributed by atoms with van der Waals surface area (Å²) in [4.78, 5) is 28.6. The van der Waals surface area contributed by atoms with E-state index in [0.29, 0.717) is 25.8 Å². The van der Waals surface area contributed by atoms with Gasteiger partial charge in [0.2, 0.25) is 11.8 Å². The average molecular weight is 479 g/mol. The second-order valence-corrected chi connectivity index (χ2v) is 10.7. The highest BCUT2D eigenvalue weighted by Crippen LogP contribution is 2.23. The number of aryl methyl sites for hydroxylation is 1. The lowest BCUT2D eigenvalue weighted by atomic mass is 9.86. The van der Waals surface area contributed by atoms with Crippen molar-refractivity contribution in [3.63, 3.8) is 0 Å². The van der Waals surface area contributed by atoms with Gasteiger partial charge in [-0.3, -0.25) is 9.59 Å². The van der Waals surface area contributed by atoms with E-state index >= 15 is 0 Å². The van der Waals surface area contributed by atoms with E-state index in [-0.39, 0.29) is 23.3 Å². The number of ether oxygens (including phenoxy) is 1. The molecule has 2 amide bonds. The molecule has 0 heterocycles. The molecule has 1 saturated carbocycles. The third-order valence-electron chi connectivity index (χ3n) is 7.05. The van der Waals surface area contributed by atoms with Crippen molar-refractivity contribution in [2.75, 3.05) is 7.11 Å². The highest BCUT2D eigenvalue weighted by Gasteiger charge is 2.30. The number of methoxy groups -OCH3 is 1. The van der Waals surface area contributed by atoms with Crippen molar-refractivity contribution in [2.45, 2.75) is 96.7 Å². The summed E-state index contributed by atoms with van der Waals surface area (Å²) in [6.45, 7) is 8.99. The minimum atomic E-state index is -0.478. The molecule has 0 bridgehead atoms. The Balaban J connectivity index is 1.74. The molecule has 1 N–H and O–H groups in total. The van der Waals surface area contributed by atoms with E-state index < -0.39 is 6.04 Å². The van der Waals surface area contributed by atoms with E-state index in [2.05, 4.69) is 50.4 Å². The fourth-order valence-electron chi connectivity index (χ4n) is 4.78. The first kappa shape index (κ1) is 26.8. The normalized spacial score (nSPS) is 15.0. The number of rotatable bonds is 10. The van der Waals surface area contributed by atoms with Gasteiger partial charge in [-0.15, -0.1) is 0 Å².